The molecule has 6 heteroatoms. The van der Waals surface area contributed by atoms with Crippen molar-refractivity contribution >= 4 is 11.8 Å². The number of rotatable bonds is 2. The highest BCUT2D eigenvalue weighted by atomic mass is 16.5. The van der Waals surface area contributed by atoms with Gasteiger partial charge >= 0.3 is 5.97 Å². The van der Waals surface area contributed by atoms with Crippen molar-refractivity contribution in [1.82, 2.24) is 9.78 Å². The second-order valence-corrected chi connectivity index (χ2v) is 5.78. The number of aromatic nitrogens is 2. The molecule has 1 aliphatic heterocycles. The van der Waals surface area contributed by atoms with Gasteiger partial charge in [0.05, 0.1) is 19.3 Å². The van der Waals surface area contributed by atoms with E-state index in [0.717, 1.165) is 12.0 Å². The molecular weight excluding hydrogens is 246 g/mol. The van der Waals surface area contributed by atoms with Crippen LogP contribution in [0.4, 0.5) is 5.82 Å². The van der Waals surface area contributed by atoms with E-state index in [4.69, 9.17) is 15.2 Å². The number of nitrogen functional groups attached to an aromatic ring is 1. The minimum Gasteiger partial charge on any atom is -0.464 e. The normalized spacial score (nSPS) is 19.7. The van der Waals surface area contributed by atoms with Crippen molar-refractivity contribution in [1.29, 1.82) is 0 Å². The predicted molar refractivity (Wildman–Crippen MR) is 71.2 cm³/mol. The summed E-state index contributed by atoms with van der Waals surface area (Å²) >= 11 is 0. The number of carbonyl (C=O) groups is 1. The molecule has 1 aromatic heterocycles. The van der Waals surface area contributed by atoms with E-state index in [2.05, 4.69) is 5.10 Å². The molecule has 0 saturated carbocycles. The van der Waals surface area contributed by atoms with Crippen LogP contribution < -0.4 is 5.73 Å². The van der Waals surface area contributed by atoms with Gasteiger partial charge in [-0.3, -0.25) is 0 Å². The molecule has 0 bridgehead atoms. The molecule has 2 N–H and O–H groups in total. The van der Waals surface area contributed by atoms with Crippen molar-refractivity contribution in [3.63, 3.8) is 0 Å². The van der Waals surface area contributed by atoms with Gasteiger partial charge in [-0.25, -0.2) is 9.48 Å². The van der Waals surface area contributed by atoms with Gasteiger partial charge in [0.1, 0.15) is 5.82 Å². The summed E-state index contributed by atoms with van der Waals surface area (Å²) in [6.07, 6.45) is 0.851. The van der Waals surface area contributed by atoms with E-state index in [0.29, 0.717) is 24.7 Å². The topological polar surface area (TPSA) is 79.4 Å². The van der Waals surface area contributed by atoms with E-state index in [9.17, 15) is 4.79 Å². The number of nitrogens with zero attached hydrogens (tertiary/aromatic N) is 2. The van der Waals surface area contributed by atoms with Gasteiger partial charge in [-0.15, -0.1) is 0 Å². The fraction of sp³-hybridized carbons (Fsp3) is 0.692. The molecular formula is C13H21N3O3. The predicted octanol–water partition coefficient (Wildman–Crippen LogP) is 1.51. The molecule has 1 atom stereocenters. The van der Waals surface area contributed by atoms with Gasteiger partial charge < -0.3 is 15.2 Å². The molecule has 0 amide bonds. The maximum Gasteiger partial charge on any atom is 0.358 e. The minimum absolute atomic E-state index is 0.116. The Hall–Kier alpha value is -1.56. The molecule has 0 radical (unpaired) electrons. The molecule has 1 aliphatic rings. The zero-order valence-corrected chi connectivity index (χ0v) is 11.9. The number of anilines is 1. The molecule has 19 heavy (non-hydrogen) atoms. The Kier molecular flexibility index (Phi) is 3.54. The molecule has 1 saturated heterocycles. The first kappa shape index (κ1) is 13.9. The zero-order chi connectivity index (χ0) is 14.2. The van der Waals surface area contributed by atoms with Crippen LogP contribution in [-0.4, -0.2) is 36.1 Å². The molecule has 0 spiro atoms. The maximum atomic E-state index is 11.9. The fourth-order valence-electron chi connectivity index (χ4n) is 2.37. The second kappa shape index (κ2) is 4.85. The molecule has 0 aliphatic carbocycles. The van der Waals surface area contributed by atoms with Gasteiger partial charge in [0.25, 0.3) is 0 Å². The van der Waals surface area contributed by atoms with E-state index in [-0.39, 0.29) is 11.5 Å². The zero-order valence-electron chi connectivity index (χ0n) is 11.9. The van der Waals surface area contributed by atoms with Crippen LogP contribution in [-0.2, 0) is 15.0 Å². The van der Waals surface area contributed by atoms with Gasteiger partial charge in [-0.05, 0) is 27.2 Å². The monoisotopic (exact) mass is 267 g/mol. The summed E-state index contributed by atoms with van der Waals surface area (Å²) in [5.74, 6) is 0.199. The quantitative estimate of drug-likeness (QED) is 0.822. The molecule has 6 nitrogen and oxygen atoms in total. The Morgan fingerprint density at radius 2 is 2.21 bits per heavy atom. The molecule has 2 rings (SSSR count). The fourth-order valence-corrected chi connectivity index (χ4v) is 2.37. The van der Waals surface area contributed by atoms with Gasteiger partial charge in [-0.1, -0.05) is 0 Å². The minimum atomic E-state index is -0.448. The van der Waals surface area contributed by atoms with E-state index < -0.39 is 5.97 Å². The molecule has 1 unspecified atom stereocenters. The van der Waals surface area contributed by atoms with Gasteiger partial charge in [-0.2, -0.15) is 5.10 Å². The van der Waals surface area contributed by atoms with Crippen LogP contribution in [0.15, 0.2) is 0 Å². The summed E-state index contributed by atoms with van der Waals surface area (Å²) in [7, 11) is 1.35. The van der Waals surface area contributed by atoms with Crippen molar-refractivity contribution in [3.8, 4) is 0 Å². The lowest BCUT2D eigenvalue weighted by Gasteiger charge is -2.21. The average molecular weight is 267 g/mol. The highest BCUT2D eigenvalue weighted by molar-refractivity contribution is 5.90. The van der Waals surface area contributed by atoms with E-state index in [1.165, 1.54) is 7.11 Å². The summed E-state index contributed by atoms with van der Waals surface area (Å²) in [4.78, 5) is 11.9. The van der Waals surface area contributed by atoms with Gasteiger partial charge in [0, 0.05) is 18.1 Å². The van der Waals surface area contributed by atoms with E-state index in [1.807, 2.05) is 20.8 Å². The van der Waals surface area contributed by atoms with Crippen LogP contribution in [0.3, 0.4) is 0 Å². The lowest BCUT2D eigenvalue weighted by atomic mass is 9.97. The first-order chi connectivity index (χ1) is 8.86. The Labute approximate surface area is 112 Å². The number of carbonyl (C=O) groups excluding carboxylic acids is 1. The summed E-state index contributed by atoms with van der Waals surface area (Å²) in [5, 5.41) is 4.36. The first-order valence-corrected chi connectivity index (χ1v) is 6.41. The third-order valence-corrected chi connectivity index (χ3v) is 3.31. The van der Waals surface area contributed by atoms with Crippen molar-refractivity contribution in [3.05, 3.63) is 11.3 Å². The van der Waals surface area contributed by atoms with Crippen molar-refractivity contribution in [2.75, 3.05) is 26.1 Å². The van der Waals surface area contributed by atoms with Crippen LogP contribution in [0.5, 0.6) is 0 Å². The number of hydrogen-bond donors (Lipinski definition) is 1. The Morgan fingerprint density at radius 3 is 2.68 bits per heavy atom. The molecule has 2 heterocycles. The summed E-state index contributed by atoms with van der Waals surface area (Å²) in [6.45, 7) is 7.24. The largest absolute Gasteiger partial charge is 0.464 e. The van der Waals surface area contributed by atoms with Gasteiger partial charge in [0.15, 0.2) is 5.69 Å². The Morgan fingerprint density at radius 1 is 1.53 bits per heavy atom. The van der Waals surface area contributed by atoms with Crippen LogP contribution in [0.1, 0.15) is 49.2 Å². The molecule has 106 valence electrons. The third kappa shape index (κ3) is 2.45. The highest BCUT2D eigenvalue weighted by Gasteiger charge is 2.33. The second-order valence-electron chi connectivity index (χ2n) is 5.78. The number of esters is 1. The van der Waals surface area contributed by atoms with Crippen molar-refractivity contribution < 1.29 is 14.3 Å². The van der Waals surface area contributed by atoms with Crippen molar-refractivity contribution in [2.24, 2.45) is 0 Å². The molecule has 1 aromatic rings. The van der Waals surface area contributed by atoms with Gasteiger partial charge in [0.2, 0.25) is 0 Å². The lowest BCUT2D eigenvalue weighted by Crippen LogP contribution is -2.25. The number of hydrogen-bond acceptors (Lipinski definition) is 5. The number of methoxy groups -OCH3 is 1. The Bertz CT molecular complexity index is 482. The SMILES string of the molecule is COC(=O)c1nn(C(C)(C)C)c(N)c1C1CCOC1. The van der Waals surface area contributed by atoms with E-state index in [1.54, 1.807) is 4.68 Å². The summed E-state index contributed by atoms with van der Waals surface area (Å²) in [6, 6.07) is 0. The smallest absolute Gasteiger partial charge is 0.358 e. The number of ether oxygens (including phenoxy) is 2. The van der Waals surface area contributed by atoms with Crippen LogP contribution >= 0.6 is 0 Å². The maximum absolute atomic E-state index is 11.9. The van der Waals surface area contributed by atoms with Crippen LogP contribution in [0.25, 0.3) is 0 Å². The van der Waals surface area contributed by atoms with Crippen LogP contribution in [0, 0.1) is 0 Å². The van der Waals surface area contributed by atoms with Crippen LogP contribution in [0.2, 0.25) is 0 Å². The third-order valence-electron chi connectivity index (χ3n) is 3.31. The van der Waals surface area contributed by atoms with E-state index >= 15 is 0 Å². The summed E-state index contributed by atoms with van der Waals surface area (Å²) in [5.41, 5.74) is 6.99. The summed E-state index contributed by atoms with van der Waals surface area (Å²) < 4.78 is 11.9. The van der Waals surface area contributed by atoms with Crippen molar-refractivity contribution in [2.45, 2.75) is 38.6 Å². The standard InChI is InChI=1S/C13H21N3O3/c1-13(2,3)16-11(14)9(8-5-6-19-7-8)10(15-16)12(17)18-4/h8H,5-7,14H2,1-4H3. The highest BCUT2D eigenvalue weighted by Crippen LogP contribution is 2.35. The number of nitrogens with two attached hydrogens (primary N) is 1. The Balaban J connectivity index is 2.54. The average Bonchev–Trinajstić information content (AvgIpc) is 2.93. The first-order valence-electron chi connectivity index (χ1n) is 6.41. The molecule has 0 aromatic carbocycles. The lowest BCUT2D eigenvalue weighted by molar-refractivity contribution is 0.0590. The molecule has 1 fully saturated rings.